The number of aromatic nitrogens is 2. The molecule has 10 heteroatoms. The third kappa shape index (κ3) is 5.78. The minimum atomic E-state index is -4.01. The highest BCUT2D eigenvalue weighted by Gasteiger charge is 2.18. The number of sulfonamides is 1. The highest BCUT2D eigenvalue weighted by atomic mass is 32.2. The van der Waals surface area contributed by atoms with Gasteiger partial charge in [0.25, 0.3) is 10.0 Å². The third-order valence-electron chi connectivity index (χ3n) is 5.21. The number of anilines is 2. The van der Waals surface area contributed by atoms with Crippen LogP contribution in [0.15, 0.2) is 83.8 Å². The molecule has 4 rings (SSSR count). The molecule has 1 heterocycles. The van der Waals surface area contributed by atoms with E-state index in [9.17, 15) is 13.2 Å². The number of methoxy groups -OCH3 is 2. The van der Waals surface area contributed by atoms with Crippen molar-refractivity contribution in [1.29, 1.82) is 0 Å². The van der Waals surface area contributed by atoms with E-state index in [0.29, 0.717) is 28.6 Å². The topological polar surface area (TPSA) is 120 Å². The molecule has 0 fully saturated rings. The predicted molar refractivity (Wildman–Crippen MR) is 138 cm³/mol. The van der Waals surface area contributed by atoms with Crippen molar-refractivity contribution in [1.82, 2.24) is 9.97 Å². The minimum absolute atomic E-state index is 0.000972. The summed E-state index contributed by atoms with van der Waals surface area (Å²) in [6, 6.07) is 22.1. The Hall–Kier alpha value is -4.44. The fourth-order valence-corrected chi connectivity index (χ4v) is 4.36. The Morgan fingerprint density at radius 3 is 1.64 bits per heavy atom. The lowest BCUT2D eigenvalue weighted by Crippen LogP contribution is -2.16. The van der Waals surface area contributed by atoms with Crippen molar-refractivity contribution in [3.05, 3.63) is 78.9 Å². The first kappa shape index (κ1) is 24.7. The van der Waals surface area contributed by atoms with Gasteiger partial charge in [-0.3, -0.25) is 4.79 Å². The van der Waals surface area contributed by atoms with E-state index in [0.717, 1.165) is 11.1 Å². The number of rotatable bonds is 8. The number of nitrogens with one attached hydrogen (secondary N) is 2. The smallest absolute Gasteiger partial charge is 0.264 e. The molecule has 0 aliphatic carbocycles. The van der Waals surface area contributed by atoms with Gasteiger partial charge < -0.3 is 14.8 Å². The van der Waals surface area contributed by atoms with Crippen LogP contribution >= 0.6 is 0 Å². The summed E-state index contributed by atoms with van der Waals surface area (Å²) in [6.07, 6.45) is 0. The van der Waals surface area contributed by atoms with E-state index in [1.807, 2.05) is 24.3 Å². The van der Waals surface area contributed by atoms with Crippen LogP contribution in [0.1, 0.15) is 6.92 Å². The van der Waals surface area contributed by atoms with E-state index >= 15 is 0 Å². The summed E-state index contributed by atoms with van der Waals surface area (Å²) in [5.41, 5.74) is 3.05. The van der Waals surface area contributed by atoms with Crippen LogP contribution in [-0.2, 0) is 14.8 Å². The van der Waals surface area contributed by atoms with Gasteiger partial charge in [0.2, 0.25) is 11.9 Å². The summed E-state index contributed by atoms with van der Waals surface area (Å²) in [5.74, 6) is 1.04. The van der Waals surface area contributed by atoms with Crippen molar-refractivity contribution in [3.8, 4) is 34.0 Å². The van der Waals surface area contributed by atoms with Crippen molar-refractivity contribution in [3.63, 3.8) is 0 Å². The second kappa shape index (κ2) is 10.4. The molecule has 4 aromatic rings. The molecule has 0 aliphatic rings. The van der Waals surface area contributed by atoms with Gasteiger partial charge in [0.1, 0.15) is 11.5 Å². The standard InChI is InChI=1S/C26H24N4O5S/c1-17(31)27-20-8-14-23(15-9-20)36(32,33)30-26-28-24(18-4-10-21(34-2)11-5-18)16-25(29-26)19-6-12-22(35-3)13-7-19/h4-16H,1-3H3,(H,27,31)(H,28,29,30). The quantitative estimate of drug-likeness (QED) is 0.360. The molecule has 1 aromatic heterocycles. The molecule has 0 bridgehead atoms. The number of carbonyl (C=O) groups excluding carboxylic acids is 1. The van der Waals surface area contributed by atoms with Crippen LogP contribution in [0.2, 0.25) is 0 Å². The van der Waals surface area contributed by atoms with Crippen LogP contribution in [0.4, 0.5) is 11.6 Å². The summed E-state index contributed by atoms with van der Waals surface area (Å²) < 4.78 is 39.1. The lowest BCUT2D eigenvalue weighted by Gasteiger charge is -2.12. The van der Waals surface area contributed by atoms with Crippen molar-refractivity contribution >= 4 is 27.6 Å². The molecule has 3 aromatic carbocycles. The maximum absolute atomic E-state index is 13.1. The van der Waals surface area contributed by atoms with Gasteiger partial charge in [0.05, 0.1) is 30.5 Å². The first-order valence-corrected chi connectivity index (χ1v) is 12.3. The summed E-state index contributed by atoms with van der Waals surface area (Å²) in [7, 11) is -0.845. The van der Waals surface area contributed by atoms with Crippen LogP contribution in [-0.4, -0.2) is 38.5 Å². The summed E-state index contributed by atoms with van der Waals surface area (Å²) in [4.78, 5) is 20.2. The minimum Gasteiger partial charge on any atom is -0.497 e. The van der Waals surface area contributed by atoms with E-state index < -0.39 is 10.0 Å². The monoisotopic (exact) mass is 504 g/mol. The first-order valence-electron chi connectivity index (χ1n) is 10.9. The molecule has 1 amide bonds. The highest BCUT2D eigenvalue weighted by Crippen LogP contribution is 2.28. The molecule has 0 saturated heterocycles. The van der Waals surface area contributed by atoms with Gasteiger partial charge in [0.15, 0.2) is 0 Å². The Morgan fingerprint density at radius 1 is 0.750 bits per heavy atom. The third-order valence-corrected chi connectivity index (χ3v) is 6.55. The van der Waals surface area contributed by atoms with Gasteiger partial charge in [-0.25, -0.2) is 23.1 Å². The summed E-state index contributed by atoms with van der Waals surface area (Å²) in [5, 5.41) is 2.60. The molecule has 0 spiro atoms. The summed E-state index contributed by atoms with van der Waals surface area (Å²) >= 11 is 0. The number of ether oxygens (including phenoxy) is 2. The van der Waals surface area contributed by atoms with Crippen LogP contribution < -0.4 is 19.5 Å². The van der Waals surface area contributed by atoms with Gasteiger partial charge >= 0.3 is 0 Å². The molecular formula is C26H24N4O5S. The van der Waals surface area contributed by atoms with Crippen molar-refractivity contribution in [2.24, 2.45) is 0 Å². The molecule has 184 valence electrons. The van der Waals surface area contributed by atoms with Crippen LogP contribution in [0, 0.1) is 0 Å². The van der Waals surface area contributed by atoms with E-state index in [-0.39, 0.29) is 16.8 Å². The molecule has 0 unspecified atom stereocenters. The number of nitrogens with zero attached hydrogens (tertiary/aromatic N) is 2. The van der Waals surface area contributed by atoms with Gasteiger partial charge in [-0.2, -0.15) is 0 Å². The van der Waals surface area contributed by atoms with Gasteiger partial charge in [-0.05, 0) is 78.9 Å². The van der Waals surface area contributed by atoms with Crippen molar-refractivity contribution in [2.45, 2.75) is 11.8 Å². The fraction of sp³-hybridized carbons (Fsp3) is 0.115. The zero-order valence-electron chi connectivity index (χ0n) is 19.8. The van der Waals surface area contributed by atoms with E-state index in [1.165, 1.54) is 31.2 Å². The Morgan fingerprint density at radius 2 is 1.22 bits per heavy atom. The van der Waals surface area contributed by atoms with Crippen molar-refractivity contribution in [2.75, 3.05) is 24.3 Å². The largest absolute Gasteiger partial charge is 0.497 e. The van der Waals surface area contributed by atoms with Crippen LogP contribution in [0.5, 0.6) is 11.5 Å². The zero-order valence-corrected chi connectivity index (χ0v) is 20.7. The summed E-state index contributed by atoms with van der Waals surface area (Å²) in [6.45, 7) is 1.37. The lowest BCUT2D eigenvalue weighted by molar-refractivity contribution is -0.114. The number of hydrogen-bond acceptors (Lipinski definition) is 7. The molecule has 0 saturated carbocycles. The number of amides is 1. The van der Waals surface area contributed by atoms with Gasteiger partial charge in [0, 0.05) is 23.7 Å². The van der Waals surface area contributed by atoms with E-state index in [2.05, 4.69) is 20.0 Å². The van der Waals surface area contributed by atoms with Crippen LogP contribution in [0.3, 0.4) is 0 Å². The maximum atomic E-state index is 13.1. The second-order valence-electron chi connectivity index (χ2n) is 7.73. The average Bonchev–Trinajstić information content (AvgIpc) is 2.88. The number of benzene rings is 3. The predicted octanol–water partition coefficient (Wildman–Crippen LogP) is 4.59. The normalized spacial score (nSPS) is 11.0. The maximum Gasteiger partial charge on any atom is 0.264 e. The fourth-order valence-electron chi connectivity index (χ4n) is 3.41. The number of hydrogen-bond donors (Lipinski definition) is 2. The van der Waals surface area contributed by atoms with Gasteiger partial charge in [-0.1, -0.05) is 0 Å². The molecular weight excluding hydrogens is 480 g/mol. The molecule has 0 aliphatic heterocycles. The zero-order chi connectivity index (χ0) is 25.7. The SMILES string of the molecule is COc1ccc(-c2cc(-c3ccc(OC)cc3)nc(NS(=O)(=O)c3ccc(NC(C)=O)cc3)n2)cc1. The average molecular weight is 505 g/mol. The Kier molecular flexibility index (Phi) is 7.16. The van der Waals surface area contributed by atoms with Crippen LogP contribution in [0.25, 0.3) is 22.5 Å². The number of carbonyl (C=O) groups is 1. The molecule has 36 heavy (non-hydrogen) atoms. The van der Waals surface area contributed by atoms with Crippen molar-refractivity contribution < 1.29 is 22.7 Å². The Labute approximate surface area is 209 Å². The van der Waals surface area contributed by atoms with Gasteiger partial charge in [-0.15, -0.1) is 0 Å². The molecule has 0 radical (unpaired) electrons. The molecule has 2 N–H and O–H groups in total. The second-order valence-corrected chi connectivity index (χ2v) is 9.41. The van der Waals surface area contributed by atoms with E-state index in [4.69, 9.17) is 9.47 Å². The molecule has 9 nitrogen and oxygen atoms in total. The highest BCUT2D eigenvalue weighted by molar-refractivity contribution is 7.92. The Balaban J connectivity index is 1.72. The molecule has 0 atom stereocenters. The van der Waals surface area contributed by atoms with E-state index in [1.54, 1.807) is 44.6 Å². The first-order chi connectivity index (χ1) is 17.3. The Bertz CT molecular complexity index is 1410. The lowest BCUT2D eigenvalue weighted by atomic mass is 10.1.